The van der Waals surface area contributed by atoms with Crippen LogP contribution in [0, 0.1) is 21.4 Å². The molecule has 0 aliphatic heterocycles. The first kappa shape index (κ1) is 18.7. The molecule has 0 saturated carbocycles. The maximum absolute atomic E-state index is 12.1. The quantitative estimate of drug-likeness (QED) is 0.261. The van der Waals surface area contributed by atoms with Crippen LogP contribution in [0.15, 0.2) is 54.1 Å². The van der Waals surface area contributed by atoms with Crippen molar-refractivity contribution in [2.24, 2.45) is 0 Å². The molecule has 0 spiro atoms. The number of aryl methyl sites for hydroxylation is 1. The van der Waals surface area contributed by atoms with Gasteiger partial charge in [-0.05, 0) is 36.6 Å². The Balaban J connectivity index is 2.02. The fourth-order valence-corrected chi connectivity index (χ4v) is 2.36. The number of phenolic OH excluding ortho intramolecular Hbond substituents is 1. The van der Waals surface area contributed by atoms with E-state index in [1.165, 1.54) is 6.07 Å². The molecular formula is C19H17N3O4. The van der Waals surface area contributed by atoms with Crippen LogP contribution in [-0.4, -0.2) is 22.5 Å². The Morgan fingerprint density at radius 2 is 2.00 bits per heavy atom. The van der Waals surface area contributed by atoms with Crippen LogP contribution >= 0.6 is 0 Å². The van der Waals surface area contributed by atoms with E-state index in [9.17, 15) is 25.3 Å². The lowest BCUT2D eigenvalue weighted by molar-refractivity contribution is -0.385. The predicted molar refractivity (Wildman–Crippen MR) is 96.1 cm³/mol. The van der Waals surface area contributed by atoms with Gasteiger partial charge in [-0.15, -0.1) is 0 Å². The van der Waals surface area contributed by atoms with Crippen molar-refractivity contribution >= 4 is 17.7 Å². The van der Waals surface area contributed by atoms with Crippen LogP contribution < -0.4 is 5.32 Å². The molecule has 7 nitrogen and oxygen atoms in total. The van der Waals surface area contributed by atoms with E-state index in [-0.39, 0.29) is 22.6 Å². The number of benzene rings is 2. The Bertz CT molecular complexity index is 870. The van der Waals surface area contributed by atoms with Gasteiger partial charge in [-0.3, -0.25) is 14.9 Å². The van der Waals surface area contributed by atoms with Gasteiger partial charge in [0.25, 0.3) is 11.6 Å². The van der Waals surface area contributed by atoms with E-state index < -0.39 is 10.8 Å². The van der Waals surface area contributed by atoms with E-state index in [1.54, 1.807) is 6.07 Å². The molecule has 0 fully saturated rings. The highest BCUT2D eigenvalue weighted by molar-refractivity contribution is 6.02. The minimum absolute atomic E-state index is 0.00835. The van der Waals surface area contributed by atoms with Gasteiger partial charge in [-0.1, -0.05) is 30.3 Å². The van der Waals surface area contributed by atoms with Crippen molar-refractivity contribution in [2.45, 2.75) is 12.8 Å². The molecule has 2 aromatic carbocycles. The lowest BCUT2D eigenvalue weighted by Gasteiger charge is -2.05. The zero-order valence-corrected chi connectivity index (χ0v) is 13.9. The molecule has 0 saturated heterocycles. The van der Waals surface area contributed by atoms with Crippen LogP contribution in [0.1, 0.15) is 17.5 Å². The summed E-state index contributed by atoms with van der Waals surface area (Å²) in [6.45, 7) is 0.370. The number of aromatic hydroxyl groups is 1. The standard InChI is InChI=1S/C19H17N3O4/c20-13-16(11-15-12-17(23)8-9-18(15)22(25)26)19(24)21-10-4-7-14-5-2-1-3-6-14/h1-3,5-6,8-9,11-12,23H,4,7,10H2,(H,21,24)/b16-11-. The van der Waals surface area contributed by atoms with Gasteiger partial charge >= 0.3 is 0 Å². The summed E-state index contributed by atoms with van der Waals surface area (Å²) in [5, 5.41) is 32.3. The number of phenols is 1. The van der Waals surface area contributed by atoms with Gasteiger partial charge in [-0.25, -0.2) is 0 Å². The number of nitro groups is 1. The molecule has 0 atom stereocenters. The minimum Gasteiger partial charge on any atom is -0.508 e. The van der Waals surface area contributed by atoms with Crippen LogP contribution in [-0.2, 0) is 11.2 Å². The van der Waals surface area contributed by atoms with Crippen molar-refractivity contribution in [1.82, 2.24) is 5.32 Å². The second-order valence-electron chi connectivity index (χ2n) is 5.52. The van der Waals surface area contributed by atoms with E-state index >= 15 is 0 Å². The molecule has 2 aromatic rings. The number of amides is 1. The molecule has 0 aromatic heterocycles. The molecule has 0 heterocycles. The third-order valence-corrected chi connectivity index (χ3v) is 3.64. The Morgan fingerprint density at radius 1 is 1.27 bits per heavy atom. The maximum Gasteiger partial charge on any atom is 0.276 e. The molecule has 0 radical (unpaired) electrons. The zero-order valence-electron chi connectivity index (χ0n) is 13.9. The second-order valence-corrected chi connectivity index (χ2v) is 5.52. The van der Waals surface area contributed by atoms with Crippen molar-refractivity contribution in [3.63, 3.8) is 0 Å². The summed E-state index contributed by atoms with van der Waals surface area (Å²) in [7, 11) is 0. The number of nitrogens with zero attached hydrogens (tertiary/aromatic N) is 2. The SMILES string of the molecule is N#C/C(=C/c1cc(O)ccc1[N+](=O)[O-])C(=O)NCCCc1ccccc1. The Hall–Kier alpha value is -3.66. The van der Waals surface area contributed by atoms with E-state index in [1.807, 2.05) is 30.3 Å². The highest BCUT2D eigenvalue weighted by atomic mass is 16.6. The van der Waals surface area contributed by atoms with E-state index in [0.29, 0.717) is 13.0 Å². The number of hydrogen-bond acceptors (Lipinski definition) is 5. The summed E-state index contributed by atoms with van der Waals surface area (Å²) in [5.41, 5.74) is 0.574. The number of nitro benzene ring substituents is 1. The fraction of sp³-hybridized carbons (Fsp3) is 0.158. The number of carbonyl (C=O) groups is 1. The average molecular weight is 351 g/mol. The molecule has 2 rings (SSSR count). The van der Waals surface area contributed by atoms with Crippen LogP contribution in [0.5, 0.6) is 5.75 Å². The lowest BCUT2D eigenvalue weighted by Crippen LogP contribution is -2.25. The topological polar surface area (TPSA) is 116 Å². The van der Waals surface area contributed by atoms with E-state index in [0.717, 1.165) is 30.2 Å². The van der Waals surface area contributed by atoms with Crippen LogP contribution in [0.4, 0.5) is 5.69 Å². The monoisotopic (exact) mass is 351 g/mol. The maximum atomic E-state index is 12.1. The second kappa shape index (κ2) is 8.99. The third-order valence-electron chi connectivity index (χ3n) is 3.64. The molecule has 132 valence electrons. The number of nitriles is 1. The summed E-state index contributed by atoms with van der Waals surface area (Å²) in [5.74, 6) is -0.805. The Labute approximate surface area is 150 Å². The van der Waals surface area contributed by atoms with Crippen molar-refractivity contribution in [3.8, 4) is 11.8 Å². The van der Waals surface area contributed by atoms with Crippen LogP contribution in [0.3, 0.4) is 0 Å². The average Bonchev–Trinajstić information content (AvgIpc) is 2.63. The van der Waals surface area contributed by atoms with E-state index in [4.69, 9.17) is 0 Å². The number of carbonyl (C=O) groups excluding carboxylic acids is 1. The summed E-state index contributed by atoms with van der Waals surface area (Å²) in [6, 6.07) is 14.9. The highest BCUT2D eigenvalue weighted by Gasteiger charge is 2.16. The molecule has 0 unspecified atom stereocenters. The van der Waals surface area contributed by atoms with Gasteiger partial charge in [0.15, 0.2) is 0 Å². The van der Waals surface area contributed by atoms with Crippen LogP contribution in [0.25, 0.3) is 6.08 Å². The van der Waals surface area contributed by atoms with Crippen LogP contribution in [0.2, 0.25) is 0 Å². The van der Waals surface area contributed by atoms with Gasteiger partial charge in [-0.2, -0.15) is 5.26 Å². The molecule has 1 amide bonds. The minimum atomic E-state index is -0.641. The first-order chi connectivity index (χ1) is 12.5. The normalized spacial score (nSPS) is 10.8. The Kier molecular flexibility index (Phi) is 6.46. The highest BCUT2D eigenvalue weighted by Crippen LogP contribution is 2.25. The molecule has 0 aliphatic carbocycles. The van der Waals surface area contributed by atoms with E-state index in [2.05, 4.69) is 5.32 Å². The van der Waals surface area contributed by atoms with Gasteiger partial charge in [0.1, 0.15) is 17.4 Å². The first-order valence-electron chi connectivity index (χ1n) is 7.92. The molecule has 26 heavy (non-hydrogen) atoms. The lowest BCUT2D eigenvalue weighted by atomic mass is 10.1. The largest absolute Gasteiger partial charge is 0.508 e. The van der Waals surface area contributed by atoms with Crippen molar-refractivity contribution in [1.29, 1.82) is 5.26 Å². The first-order valence-corrected chi connectivity index (χ1v) is 7.92. The van der Waals surface area contributed by atoms with Crippen molar-refractivity contribution in [3.05, 3.63) is 75.3 Å². The number of rotatable bonds is 7. The molecule has 0 bridgehead atoms. The number of hydrogen-bond donors (Lipinski definition) is 2. The molecule has 2 N–H and O–H groups in total. The Morgan fingerprint density at radius 3 is 2.65 bits per heavy atom. The van der Waals surface area contributed by atoms with Crippen molar-refractivity contribution in [2.75, 3.05) is 6.54 Å². The molecule has 0 aliphatic rings. The number of nitrogens with one attached hydrogen (secondary N) is 1. The molecule has 7 heteroatoms. The predicted octanol–water partition coefficient (Wildman–Crippen LogP) is 2.96. The zero-order chi connectivity index (χ0) is 18.9. The summed E-state index contributed by atoms with van der Waals surface area (Å²) < 4.78 is 0. The van der Waals surface area contributed by atoms with Gasteiger partial charge in [0.2, 0.25) is 0 Å². The summed E-state index contributed by atoms with van der Waals surface area (Å²) in [4.78, 5) is 22.5. The van der Waals surface area contributed by atoms with Gasteiger partial charge in [0, 0.05) is 12.6 Å². The van der Waals surface area contributed by atoms with Gasteiger partial charge < -0.3 is 10.4 Å². The molecular weight excluding hydrogens is 334 g/mol. The fourth-order valence-electron chi connectivity index (χ4n) is 2.36. The van der Waals surface area contributed by atoms with Gasteiger partial charge in [0.05, 0.1) is 10.5 Å². The smallest absolute Gasteiger partial charge is 0.276 e. The third kappa shape index (κ3) is 5.18. The summed E-state index contributed by atoms with van der Waals surface area (Å²) >= 11 is 0. The summed E-state index contributed by atoms with van der Waals surface area (Å²) in [6.07, 6.45) is 2.58. The van der Waals surface area contributed by atoms with Crippen molar-refractivity contribution < 1.29 is 14.8 Å².